The summed E-state index contributed by atoms with van der Waals surface area (Å²) in [5, 5.41) is 33.9. The fourth-order valence-electron chi connectivity index (χ4n) is 3.04. The molecule has 0 rings (SSSR count). The summed E-state index contributed by atoms with van der Waals surface area (Å²) in [7, 11) is 0. The lowest BCUT2D eigenvalue weighted by Crippen LogP contribution is -2.58. The number of carboxylic acid groups (broad SMARTS) is 1. The summed E-state index contributed by atoms with van der Waals surface area (Å²) >= 11 is 0. The van der Waals surface area contributed by atoms with E-state index in [9.17, 15) is 29.7 Å². The summed E-state index contributed by atoms with van der Waals surface area (Å²) < 4.78 is 0. The first-order valence-electron chi connectivity index (χ1n) is 10.9. The zero-order valence-corrected chi connectivity index (χ0v) is 18.2. The first-order valence-corrected chi connectivity index (χ1v) is 10.9. The van der Waals surface area contributed by atoms with Crippen LogP contribution in [0.4, 0.5) is 0 Å². The molecule has 8 heteroatoms. The van der Waals surface area contributed by atoms with E-state index in [1.54, 1.807) is 0 Å². The van der Waals surface area contributed by atoms with E-state index < -0.39 is 36.2 Å². The number of carboxylic acids is 1. The van der Waals surface area contributed by atoms with Crippen LogP contribution in [0.25, 0.3) is 0 Å². The predicted octanol–water partition coefficient (Wildman–Crippen LogP) is 2.11. The number of nitrogens with one attached hydrogen (secondary N) is 2. The highest BCUT2D eigenvalue weighted by atomic mass is 16.4. The fraction of sp³-hybridized carbons (Fsp3) is 0.857. The van der Waals surface area contributed by atoms with Gasteiger partial charge in [0.05, 0.1) is 12.2 Å². The van der Waals surface area contributed by atoms with E-state index in [1.165, 1.54) is 26.2 Å². The number of hydrogen-bond acceptors (Lipinski definition) is 5. The number of rotatable bonds is 17. The van der Waals surface area contributed by atoms with Crippen molar-refractivity contribution in [1.29, 1.82) is 0 Å². The van der Waals surface area contributed by atoms with Crippen molar-refractivity contribution in [2.45, 2.75) is 116 Å². The Kier molecular flexibility index (Phi) is 15.2. The molecule has 0 heterocycles. The van der Waals surface area contributed by atoms with Gasteiger partial charge in [0.1, 0.15) is 6.04 Å². The van der Waals surface area contributed by atoms with Gasteiger partial charge in [-0.25, -0.2) is 4.79 Å². The number of carbonyl (C=O) groups is 3. The Morgan fingerprint density at radius 3 is 1.86 bits per heavy atom. The van der Waals surface area contributed by atoms with Crippen LogP contribution in [0.5, 0.6) is 0 Å². The Balaban J connectivity index is 4.56. The molecule has 2 amide bonds. The molecule has 0 aliphatic rings. The second-order valence-corrected chi connectivity index (χ2v) is 7.69. The van der Waals surface area contributed by atoms with Crippen molar-refractivity contribution < 1.29 is 29.7 Å². The van der Waals surface area contributed by atoms with E-state index >= 15 is 0 Å². The normalized spacial score (nSPS) is 15.2. The predicted molar refractivity (Wildman–Crippen MR) is 111 cm³/mol. The summed E-state index contributed by atoms with van der Waals surface area (Å²) in [6, 6.07) is -2.76. The molecule has 0 aromatic rings. The molecule has 0 spiro atoms. The van der Waals surface area contributed by atoms with Crippen molar-refractivity contribution in [3.63, 3.8) is 0 Å². The van der Waals surface area contributed by atoms with Gasteiger partial charge in [0.2, 0.25) is 11.8 Å². The number of amides is 2. The molecule has 0 aliphatic carbocycles. The number of hydrogen-bond donors (Lipinski definition) is 5. The van der Waals surface area contributed by atoms with Gasteiger partial charge in [-0.1, -0.05) is 65.2 Å². The SMILES string of the molecule is CCCCCCCCCC(=O)NC(C(=O)NC(C(=O)O)C(O)CCCC)C(C)O. The van der Waals surface area contributed by atoms with E-state index in [1.807, 2.05) is 6.92 Å². The monoisotopic (exact) mass is 416 g/mol. The number of aliphatic hydroxyl groups excluding tert-OH is 2. The van der Waals surface area contributed by atoms with Gasteiger partial charge in [-0.3, -0.25) is 9.59 Å². The fourth-order valence-corrected chi connectivity index (χ4v) is 3.04. The van der Waals surface area contributed by atoms with Gasteiger partial charge in [0.25, 0.3) is 0 Å². The molecule has 0 aromatic carbocycles. The maximum absolute atomic E-state index is 12.4. The summed E-state index contributed by atoms with van der Waals surface area (Å²) in [5.41, 5.74) is 0. The second kappa shape index (κ2) is 16.2. The minimum atomic E-state index is -1.49. The molecule has 8 nitrogen and oxygen atoms in total. The average Bonchev–Trinajstić information content (AvgIpc) is 2.66. The van der Waals surface area contributed by atoms with E-state index in [4.69, 9.17) is 0 Å². The van der Waals surface area contributed by atoms with Crippen molar-refractivity contribution in [2.75, 3.05) is 0 Å². The lowest BCUT2D eigenvalue weighted by atomic mass is 10.0. The Bertz CT molecular complexity index is 484. The molecule has 0 aromatic heterocycles. The van der Waals surface area contributed by atoms with Crippen LogP contribution in [0.15, 0.2) is 0 Å². The van der Waals surface area contributed by atoms with Gasteiger partial charge in [0.15, 0.2) is 6.04 Å². The minimum absolute atomic E-state index is 0.234. The molecule has 0 fully saturated rings. The second-order valence-electron chi connectivity index (χ2n) is 7.69. The average molecular weight is 417 g/mol. The van der Waals surface area contributed by atoms with Crippen LogP contribution in [0, 0.1) is 0 Å². The molecule has 5 N–H and O–H groups in total. The lowest BCUT2D eigenvalue weighted by Gasteiger charge is -2.25. The highest BCUT2D eigenvalue weighted by molar-refractivity contribution is 5.91. The van der Waals surface area contributed by atoms with Crippen LogP contribution in [-0.2, 0) is 14.4 Å². The van der Waals surface area contributed by atoms with Crippen LogP contribution in [0.2, 0.25) is 0 Å². The molecule has 29 heavy (non-hydrogen) atoms. The van der Waals surface area contributed by atoms with E-state index in [0.717, 1.165) is 25.7 Å². The number of unbranched alkanes of at least 4 members (excludes halogenated alkanes) is 7. The van der Waals surface area contributed by atoms with E-state index in [0.29, 0.717) is 12.8 Å². The number of aliphatic hydroxyl groups is 2. The van der Waals surface area contributed by atoms with Gasteiger partial charge < -0.3 is 26.0 Å². The third-order valence-electron chi connectivity index (χ3n) is 4.89. The Hall–Kier alpha value is -1.67. The summed E-state index contributed by atoms with van der Waals surface area (Å²) in [6.07, 6.45) is 6.86. The molecule has 4 unspecified atom stereocenters. The van der Waals surface area contributed by atoms with Crippen molar-refractivity contribution in [3.05, 3.63) is 0 Å². The van der Waals surface area contributed by atoms with Crippen LogP contribution in [0.1, 0.15) is 91.4 Å². The van der Waals surface area contributed by atoms with Crippen LogP contribution >= 0.6 is 0 Å². The smallest absolute Gasteiger partial charge is 0.328 e. The van der Waals surface area contributed by atoms with Crippen molar-refractivity contribution >= 4 is 17.8 Å². The largest absolute Gasteiger partial charge is 0.480 e. The standard InChI is InChI=1S/C21H40N2O6/c1-4-6-8-9-10-11-12-14-17(26)22-18(15(3)24)20(27)23-19(21(28)29)16(25)13-7-5-2/h15-16,18-19,24-25H,4-14H2,1-3H3,(H,22,26)(H,23,27)(H,28,29). The molecule has 0 aliphatic heterocycles. The summed E-state index contributed by atoms with van der Waals surface area (Å²) in [5.74, 6) is -2.55. The minimum Gasteiger partial charge on any atom is -0.480 e. The summed E-state index contributed by atoms with van der Waals surface area (Å²) in [4.78, 5) is 36.0. The highest BCUT2D eigenvalue weighted by Crippen LogP contribution is 2.09. The number of carbonyl (C=O) groups excluding carboxylic acids is 2. The maximum Gasteiger partial charge on any atom is 0.328 e. The van der Waals surface area contributed by atoms with E-state index in [2.05, 4.69) is 17.6 Å². The number of aliphatic carboxylic acids is 1. The molecule has 0 saturated heterocycles. The van der Waals surface area contributed by atoms with Crippen LogP contribution in [-0.4, -0.2) is 57.4 Å². The third kappa shape index (κ3) is 12.5. The van der Waals surface area contributed by atoms with E-state index in [-0.39, 0.29) is 18.7 Å². The summed E-state index contributed by atoms with van der Waals surface area (Å²) in [6.45, 7) is 5.41. The molecule has 0 bridgehead atoms. The van der Waals surface area contributed by atoms with Gasteiger partial charge in [-0.15, -0.1) is 0 Å². The topological polar surface area (TPSA) is 136 Å². The Labute approximate surface area is 174 Å². The third-order valence-corrected chi connectivity index (χ3v) is 4.89. The van der Waals surface area contributed by atoms with Crippen LogP contribution < -0.4 is 10.6 Å². The Morgan fingerprint density at radius 1 is 0.793 bits per heavy atom. The van der Waals surface area contributed by atoms with Crippen LogP contribution in [0.3, 0.4) is 0 Å². The molecule has 4 atom stereocenters. The zero-order valence-electron chi connectivity index (χ0n) is 18.2. The highest BCUT2D eigenvalue weighted by Gasteiger charge is 2.33. The van der Waals surface area contributed by atoms with Crippen molar-refractivity contribution in [2.24, 2.45) is 0 Å². The first kappa shape index (κ1) is 27.3. The molecule has 0 radical (unpaired) electrons. The lowest BCUT2D eigenvalue weighted by molar-refractivity contribution is -0.146. The quantitative estimate of drug-likeness (QED) is 0.230. The maximum atomic E-state index is 12.4. The van der Waals surface area contributed by atoms with Gasteiger partial charge in [-0.05, 0) is 19.8 Å². The Morgan fingerprint density at radius 2 is 1.34 bits per heavy atom. The van der Waals surface area contributed by atoms with Crippen molar-refractivity contribution in [1.82, 2.24) is 10.6 Å². The van der Waals surface area contributed by atoms with Gasteiger partial charge in [0, 0.05) is 6.42 Å². The van der Waals surface area contributed by atoms with Crippen molar-refractivity contribution in [3.8, 4) is 0 Å². The first-order chi connectivity index (χ1) is 13.7. The zero-order chi connectivity index (χ0) is 22.2. The molecular formula is C21H40N2O6. The van der Waals surface area contributed by atoms with Gasteiger partial charge >= 0.3 is 5.97 Å². The molecule has 0 saturated carbocycles. The van der Waals surface area contributed by atoms with Gasteiger partial charge in [-0.2, -0.15) is 0 Å². The molecule has 170 valence electrons. The molecular weight excluding hydrogens is 376 g/mol.